The fraction of sp³-hybridized carbons (Fsp3) is 0.0833. The third-order valence-electron chi connectivity index (χ3n) is 2.39. The highest BCUT2D eigenvalue weighted by molar-refractivity contribution is 9.10. The maximum Gasteiger partial charge on any atom is 0.264 e. The van der Waals surface area contributed by atoms with E-state index < -0.39 is 10.0 Å². The van der Waals surface area contributed by atoms with E-state index in [9.17, 15) is 8.42 Å². The smallest absolute Gasteiger partial charge is 0.263 e. The van der Waals surface area contributed by atoms with E-state index in [0.717, 1.165) is 0 Å². The minimum Gasteiger partial charge on any atom is -0.263 e. The fourth-order valence-electron chi connectivity index (χ4n) is 1.50. The first kappa shape index (κ1) is 15.6. The molecule has 4 nitrogen and oxygen atoms in total. The molecule has 20 heavy (non-hydrogen) atoms. The number of nitrogens with zero attached hydrogens (tertiary/aromatic N) is 1. The summed E-state index contributed by atoms with van der Waals surface area (Å²) < 4.78 is 27.4. The van der Waals surface area contributed by atoms with Crippen LogP contribution in [-0.4, -0.2) is 13.4 Å². The fourth-order valence-corrected chi connectivity index (χ4v) is 3.77. The third kappa shape index (κ3) is 3.44. The van der Waals surface area contributed by atoms with Gasteiger partial charge in [-0.15, -0.1) is 0 Å². The predicted molar refractivity (Wildman–Crippen MR) is 83.9 cm³/mol. The molecule has 0 saturated carbocycles. The van der Waals surface area contributed by atoms with E-state index >= 15 is 0 Å². The van der Waals surface area contributed by atoms with Gasteiger partial charge in [0.2, 0.25) is 0 Å². The Kier molecular flexibility index (Phi) is 4.59. The molecule has 0 amide bonds. The zero-order valence-electron chi connectivity index (χ0n) is 10.2. The Morgan fingerprint density at radius 1 is 1.20 bits per heavy atom. The summed E-state index contributed by atoms with van der Waals surface area (Å²) in [7, 11) is -3.83. The van der Waals surface area contributed by atoms with Gasteiger partial charge in [0.15, 0.2) is 0 Å². The molecule has 1 N–H and O–H groups in total. The van der Waals surface area contributed by atoms with Crippen LogP contribution < -0.4 is 4.72 Å². The highest BCUT2D eigenvalue weighted by Crippen LogP contribution is 2.32. The molecule has 0 spiro atoms. The highest BCUT2D eigenvalue weighted by atomic mass is 79.9. The standard InChI is InChI=1S/C12H9BrCl2N2O2S/c1-7-3-2-4-12(16-7)17-20(18,19)11-5-8(13)9(14)6-10(11)15/h2-6H,1H3,(H,16,17). The first-order chi connectivity index (χ1) is 9.29. The molecule has 2 aromatic rings. The summed E-state index contributed by atoms with van der Waals surface area (Å²) in [5.41, 5.74) is 0.702. The minimum atomic E-state index is -3.83. The molecule has 0 aliphatic rings. The van der Waals surface area contributed by atoms with Crippen molar-refractivity contribution >= 4 is 55.0 Å². The number of halogens is 3. The second-order valence-electron chi connectivity index (χ2n) is 3.97. The molecule has 0 aliphatic carbocycles. The Morgan fingerprint density at radius 3 is 2.55 bits per heavy atom. The van der Waals surface area contributed by atoms with Gasteiger partial charge in [-0.1, -0.05) is 29.3 Å². The average molecular weight is 396 g/mol. The Bertz CT molecular complexity index is 766. The van der Waals surface area contributed by atoms with E-state index in [1.807, 2.05) is 0 Å². The molecule has 1 aromatic heterocycles. The molecule has 106 valence electrons. The Balaban J connectivity index is 2.43. The molecule has 0 bridgehead atoms. The summed E-state index contributed by atoms with van der Waals surface area (Å²) in [4.78, 5) is 4.01. The van der Waals surface area contributed by atoms with Crippen LogP contribution in [0.4, 0.5) is 5.82 Å². The van der Waals surface area contributed by atoms with Crippen LogP contribution in [0.3, 0.4) is 0 Å². The highest BCUT2D eigenvalue weighted by Gasteiger charge is 2.20. The molecule has 1 aromatic carbocycles. The van der Waals surface area contributed by atoms with Gasteiger partial charge in [0.1, 0.15) is 10.7 Å². The van der Waals surface area contributed by atoms with Gasteiger partial charge in [-0.3, -0.25) is 4.72 Å². The SMILES string of the molecule is Cc1cccc(NS(=O)(=O)c2cc(Br)c(Cl)cc2Cl)n1. The van der Waals surface area contributed by atoms with Gasteiger partial charge in [0, 0.05) is 10.2 Å². The number of aromatic nitrogens is 1. The molecular formula is C12H9BrCl2N2O2S. The zero-order chi connectivity index (χ0) is 14.9. The maximum absolute atomic E-state index is 12.3. The number of anilines is 1. The zero-order valence-corrected chi connectivity index (χ0v) is 14.1. The van der Waals surface area contributed by atoms with Crippen molar-refractivity contribution in [1.29, 1.82) is 0 Å². The van der Waals surface area contributed by atoms with Crippen LogP contribution in [0.2, 0.25) is 10.0 Å². The van der Waals surface area contributed by atoms with Crippen LogP contribution in [0.5, 0.6) is 0 Å². The molecule has 8 heteroatoms. The number of hydrogen-bond donors (Lipinski definition) is 1. The molecule has 0 fully saturated rings. The van der Waals surface area contributed by atoms with Crippen LogP contribution >= 0.6 is 39.1 Å². The maximum atomic E-state index is 12.3. The van der Waals surface area contributed by atoms with Gasteiger partial charge in [0.25, 0.3) is 10.0 Å². The lowest BCUT2D eigenvalue weighted by molar-refractivity contribution is 0.601. The van der Waals surface area contributed by atoms with Gasteiger partial charge < -0.3 is 0 Å². The normalized spacial score (nSPS) is 11.4. The van der Waals surface area contributed by atoms with E-state index in [4.69, 9.17) is 23.2 Å². The van der Waals surface area contributed by atoms with Crippen molar-refractivity contribution in [2.45, 2.75) is 11.8 Å². The molecule has 2 rings (SSSR count). The summed E-state index contributed by atoms with van der Waals surface area (Å²) in [5.74, 6) is 0.229. The molecule has 0 unspecified atom stereocenters. The summed E-state index contributed by atoms with van der Waals surface area (Å²) in [6, 6.07) is 7.75. The van der Waals surface area contributed by atoms with Crippen molar-refractivity contribution < 1.29 is 8.42 Å². The van der Waals surface area contributed by atoms with Crippen LogP contribution in [0, 0.1) is 6.92 Å². The summed E-state index contributed by atoms with van der Waals surface area (Å²) >= 11 is 15.0. The quantitative estimate of drug-likeness (QED) is 0.789. The lowest BCUT2D eigenvalue weighted by Gasteiger charge is -2.10. The van der Waals surface area contributed by atoms with Crippen molar-refractivity contribution in [2.24, 2.45) is 0 Å². The van der Waals surface area contributed by atoms with Crippen molar-refractivity contribution in [1.82, 2.24) is 4.98 Å². The van der Waals surface area contributed by atoms with Crippen molar-refractivity contribution in [3.05, 3.63) is 50.5 Å². The number of aryl methyl sites for hydroxylation is 1. The van der Waals surface area contributed by atoms with Crippen LogP contribution in [-0.2, 0) is 10.0 Å². The predicted octanol–water partition coefficient (Wildman–Crippen LogP) is 4.26. The topological polar surface area (TPSA) is 59.1 Å². The summed E-state index contributed by atoms with van der Waals surface area (Å²) in [6.45, 7) is 1.77. The number of rotatable bonds is 3. The molecule has 0 radical (unpaired) electrons. The molecular weight excluding hydrogens is 387 g/mol. The van der Waals surface area contributed by atoms with E-state index in [-0.39, 0.29) is 15.7 Å². The van der Waals surface area contributed by atoms with E-state index in [1.165, 1.54) is 12.1 Å². The van der Waals surface area contributed by atoms with E-state index in [1.54, 1.807) is 25.1 Å². The minimum absolute atomic E-state index is 0.0401. The van der Waals surface area contributed by atoms with Crippen molar-refractivity contribution in [3.63, 3.8) is 0 Å². The summed E-state index contributed by atoms with van der Waals surface area (Å²) in [6.07, 6.45) is 0. The molecule has 0 saturated heterocycles. The summed E-state index contributed by atoms with van der Waals surface area (Å²) in [5, 5.41) is 0.376. The van der Waals surface area contributed by atoms with Crippen molar-refractivity contribution in [3.8, 4) is 0 Å². The number of sulfonamides is 1. The van der Waals surface area contributed by atoms with E-state index in [2.05, 4.69) is 25.6 Å². The van der Waals surface area contributed by atoms with E-state index in [0.29, 0.717) is 15.2 Å². The van der Waals surface area contributed by atoms with Gasteiger partial charge in [-0.25, -0.2) is 13.4 Å². The largest absolute Gasteiger partial charge is 0.264 e. The third-order valence-corrected chi connectivity index (χ3v) is 5.41. The van der Waals surface area contributed by atoms with Crippen LogP contribution in [0.25, 0.3) is 0 Å². The monoisotopic (exact) mass is 394 g/mol. The Labute approximate surface area is 135 Å². The lowest BCUT2D eigenvalue weighted by Crippen LogP contribution is -2.14. The Morgan fingerprint density at radius 2 is 1.90 bits per heavy atom. The number of pyridine rings is 1. The first-order valence-electron chi connectivity index (χ1n) is 5.40. The second-order valence-corrected chi connectivity index (χ2v) is 7.29. The molecule has 0 atom stereocenters. The van der Waals surface area contributed by atoms with Crippen LogP contribution in [0.1, 0.15) is 5.69 Å². The van der Waals surface area contributed by atoms with Gasteiger partial charge >= 0.3 is 0 Å². The Hall–Kier alpha value is -0.820. The second kappa shape index (κ2) is 5.89. The molecule has 1 heterocycles. The van der Waals surface area contributed by atoms with Gasteiger partial charge in [-0.05, 0) is 47.1 Å². The van der Waals surface area contributed by atoms with Crippen molar-refractivity contribution in [2.75, 3.05) is 4.72 Å². The van der Waals surface area contributed by atoms with Gasteiger partial charge in [0.05, 0.1) is 10.0 Å². The first-order valence-corrected chi connectivity index (χ1v) is 8.44. The lowest BCUT2D eigenvalue weighted by atomic mass is 10.4. The average Bonchev–Trinajstić information content (AvgIpc) is 2.33. The number of nitrogens with one attached hydrogen (secondary N) is 1. The number of hydrogen-bond acceptors (Lipinski definition) is 3. The van der Waals surface area contributed by atoms with Gasteiger partial charge in [-0.2, -0.15) is 0 Å². The number of benzene rings is 1. The van der Waals surface area contributed by atoms with Crippen LogP contribution in [0.15, 0.2) is 39.7 Å². The molecule has 0 aliphatic heterocycles.